The fourth-order valence-electron chi connectivity index (χ4n) is 4.99. The number of hydrogen-bond donors (Lipinski definition) is 1. The van der Waals surface area contributed by atoms with Crippen LogP contribution in [0.15, 0.2) is 43.0 Å². The minimum Gasteiger partial charge on any atom is -0.480 e. The number of rotatable bonds is 6. The lowest BCUT2D eigenvalue weighted by Crippen LogP contribution is -2.25. The second kappa shape index (κ2) is 9.28. The highest BCUT2D eigenvalue weighted by Crippen LogP contribution is 2.45. The number of methoxy groups -OCH3 is 1. The zero-order chi connectivity index (χ0) is 28.3. The van der Waals surface area contributed by atoms with Crippen LogP contribution in [0.4, 0.5) is 13.2 Å². The van der Waals surface area contributed by atoms with Gasteiger partial charge in [0.1, 0.15) is 23.2 Å². The Labute approximate surface area is 226 Å². The minimum atomic E-state index is -4.52. The van der Waals surface area contributed by atoms with Gasteiger partial charge in [0.05, 0.1) is 25.0 Å². The van der Waals surface area contributed by atoms with Gasteiger partial charge in [-0.1, -0.05) is 24.3 Å². The van der Waals surface area contributed by atoms with E-state index < -0.39 is 11.9 Å². The van der Waals surface area contributed by atoms with Crippen molar-refractivity contribution >= 4 is 11.2 Å². The standard InChI is InChI=1S/C27H26F3N9O/c1-14(15-5-9-17(10-6-15)23-35-19(12-37(23)2)27(28,29)30)39-24-18(38(3)26(39)31)11-32-22(36-24)20-21(16-7-8-16)33-13-34-25(20)40-4/h5-6,9-14,16,31H,7-8H2,1-4H3/t14-/m0/s1. The van der Waals surface area contributed by atoms with E-state index in [1.165, 1.54) is 17.9 Å². The van der Waals surface area contributed by atoms with E-state index >= 15 is 0 Å². The molecule has 1 aliphatic carbocycles. The van der Waals surface area contributed by atoms with Gasteiger partial charge in [-0.15, -0.1) is 0 Å². The van der Waals surface area contributed by atoms with Gasteiger partial charge in [0, 0.05) is 31.8 Å². The maximum Gasteiger partial charge on any atom is 0.434 e. The monoisotopic (exact) mass is 549 g/mol. The van der Waals surface area contributed by atoms with Gasteiger partial charge in [-0.3, -0.25) is 9.98 Å². The minimum absolute atomic E-state index is 0.216. The number of halogens is 3. The molecule has 6 rings (SSSR count). The molecular formula is C27H26F3N9O. The van der Waals surface area contributed by atoms with Crippen molar-refractivity contribution in [3.63, 3.8) is 0 Å². The summed E-state index contributed by atoms with van der Waals surface area (Å²) in [5.74, 6) is 1.35. The molecule has 0 saturated heterocycles. The fraction of sp³-hybridized carbons (Fsp3) is 0.333. The van der Waals surface area contributed by atoms with Gasteiger partial charge in [-0.25, -0.2) is 24.9 Å². The van der Waals surface area contributed by atoms with Crippen LogP contribution in [0.5, 0.6) is 5.88 Å². The molecule has 1 fully saturated rings. The maximum absolute atomic E-state index is 13.1. The van der Waals surface area contributed by atoms with Gasteiger partial charge in [-0.2, -0.15) is 13.2 Å². The van der Waals surface area contributed by atoms with Crippen molar-refractivity contribution in [3.8, 4) is 28.7 Å². The molecule has 4 aromatic heterocycles. The predicted molar refractivity (Wildman–Crippen MR) is 139 cm³/mol. The van der Waals surface area contributed by atoms with Crippen LogP contribution in [0.3, 0.4) is 0 Å². The lowest BCUT2D eigenvalue weighted by molar-refractivity contribution is -0.140. The number of nitrogens with one attached hydrogen (secondary N) is 1. The van der Waals surface area contributed by atoms with E-state index in [0.29, 0.717) is 39.9 Å². The second-order valence-electron chi connectivity index (χ2n) is 9.93. The van der Waals surface area contributed by atoms with Crippen LogP contribution in [-0.2, 0) is 20.3 Å². The number of hydrogen-bond acceptors (Lipinski definition) is 7. The van der Waals surface area contributed by atoms with Crippen LogP contribution < -0.4 is 10.4 Å². The summed E-state index contributed by atoms with van der Waals surface area (Å²) < 4.78 is 49.8. The van der Waals surface area contributed by atoms with Crippen molar-refractivity contribution in [3.05, 3.63) is 65.6 Å². The number of aromatic nitrogens is 8. The first kappa shape index (κ1) is 25.7. The van der Waals surface area contributed by atoms with Crippen LogP contribution >= 0.6 is 0 Å². The summed E-state index contributed by atoms with van der Waals surface area (Å²) in [7, 11) is 4.86. The molecular weight excluding hydrogens is 523 g/mol. The third-order valence-electron chi connectivity index (χ3n) is 7.31. The van der Waals surface area contributed by atoms with E-state index in [1.807, 2.05) is 19.1 Å². The molecule has 0 amide bonds. The van der Waals surface area contributed by atoms with Crippen LogP contribution in [0.25, 0.3) is 33.9 Å². The molecule has 1 N–H and O–H groups in total. The Morgan fingerprint density at radius 3 is 2.40 bits per heavy atom. The molecule has 13 heteroatoms. The van der Waals surface area contributed by atoms with Crippen LogP contribution in [-0.4, -0.2) is 45.7 Å². The summed E-state index contributed by atoms with van der Waals surface area (Å²) in [5, 5.41) is 8.83. The normalized spacial score (nSPS) is 14.6. The molecule has 206 valence electrons. The molecule has 0 spiro atoms. The molecule has 40 heavy (non-hydrogen) atoms. The summed E-state index contributed by atoms with van der Waals surface area (Å²) >= 11 is 0. The molecule has 0 aliphatic heterocycles. The Bertz CT molecular complexity index is 1800. The summed E-state index contributed by atoms with van der Waals surface area (Å²) in [6.07, 6.45) is 1.68. The third kappa shape index (κ3) is 4.21. The summed E-state index contributed by atoms with van der Waals surface area (Å²) in [6.45, 7) is 1.94. The Kier molecular flexibility index (Phi) is 5.97. The number of benzene rings is 1. The summed E-state index contributed by atoms with van der Waals surface area (Å²) in [5.41, 5.74) is 3.42. The number of ether oxygens (including phenoxy) is 1. The number of alkyl halides is 3. The molecule has 1 saturated carbocycles. The molecule has 10 nitrogen and oxygen atoms in total. The number of fused-ring (bicyclic) bond motifs is 1. The van der Waals surface area contributed by atoms with Crippen LogP contribution in [0.2, 0.25) is 0 Å². The zero-order valence-corrected chi connectivity index (χ0v) is 22.2. The van der Waals surface area contributed by atoms with Gasteiger partial charge < -0.3 is 13.9 Å². The Hall–Kier alpha value is -4.55. The van der Waals surface area contributed by atoms with Crippen LogP contribution in [0, 0.1) is 5.41 Å². The van der Waals surface area contributed by atoms with Crippen molar-refractivity contribution in [2.45, 2.75) is 37.9 Å². The average molecular weight is 550 g/mol. The summed E-state index contributed by atoms with van der Waals surface area (Å²) in [6, 6.07) is 6.80. The maximum atomic E-state index is 13.1. The van der Waals surface area contributed by atoms with E-state index in [2.05, 4.69) is 19.9 Å². The van der Waals surface area contributed by atoms with Gasteiger partial charge in [0.15, 0.2) is 17.2 Å². The van der Waals surface area contributed by atoms with E-state index in [9.17, 15) is 13.2 Å². The number of nitrogens with zero attached hydrogens (tertiary/aromatic N) is 8. The number of imidazole rings is 2. The van der Waals surface area contributed by atoms with Crippen molar-refractivity contribution in [1.29, 1.82) is 5.41 Å². The van der Waals surface area contributed by atoms with Crippen molar-refractivity contribution in [1.82, 2.24) is 38.6 Å². The molecule has 0 radical (unpaired) electrons. The second-order valence-corrected chi connectivity index (χ2v) is 9.93. The summed E-state index contributed by atoms with van der Waals surface area (Å²) in [4.78, 5) is 22.0. The SMILES string of the molecule is COc1ncnc(C2CC2)c1-c1ncc2c(n1)n([C@@H](C)c1ccc(-c3nc(C(F)(F)F)cn3C)cc1)c(=N)n2C. The van der Waals surface area contributed by atoms with Crippen LogP contribution in [0.1, 0.15) is 48.7 Å². The molecule has 1 aromatic carbocycles. The van der Waals surface area contributed by atoms with E-state index in [4.69, 9.17) is 15.1 Å². The first-order chi connectivity index (χ1) is 19.1. The van der Waals surface area contributed by atoms with Crippen molar-refractivity contribution in [2.24, 2.45) is 14.1 Å². The molecule has 1 aliphatic rings. The van der Waals surface area contributed by atoms with E-state index in [1.54, 1.807) is 41.6 Å². The zero-order valence-electron chi connectivity index (χ0n) is 22.2. The fourth-order valence-corrected chi connectivity index (χ4v) is 4.99. The first-order valence-corrected chi connectivity index (χ1v) is 12.7. The van der Waals surface area contributed by atoms with E-state index in [0.717, 1.165) is 30.3 Å². The van der Waals surface area contributed by atoms with Crippen molar-refractivity contribution in [2.75, 3.05) is 7.11 Å². The average Bonchev–Trinajstić information content (AvgIpc) is 3.67. The Morgan fingerprint density at radius 1 is 1.05 bits per heavy atom. The predicted octanol–water partition coefficient (Wildman–Crippen LogP) is 4.62. The van der Waals surface area contributed by atoms with Gasteiger partial charge in [-0.05, 0) is 25.3 Å². The molecule has 5 aromatic rings. The van der Waals surface area contributed by atoms with Crippen molar-refractivity contribution < 1.29 is 17.9 Å². The number of aryl methyl sites for hydroxylation is 2. The highest BCUT2D eigenvalue weighted by molar-refractivity contribution is 5.76. The highest BCUT2D eigenvalue weighted by atomic mass is 19.4. The van der Waals surface area contributed by atoms with Gasteiger partial charge in [0.2, 0.25) is 11.5 Å². The third-order valence-corrected chi connectivity index (χ3v) is 7.31. The lowest BCUT2D eigenvalue weighted by Gasteiger charge is -2.16. The highest BCUT2D eigenvalue weighted by Gasteiger charge is 2.35. The topological polar surface area (TPSA) is 112 Å². The van der Waals surface area contributed by atoms with E-state index in [-0.39, 0.29) is 17.5 Å². The first-order valence-electron chi connectivity index (χ1n) is 12.7. The smallest absolute Gasteiger partial charge is 0.434 e. The molecule has 4 heterocycles. The molecule has 0 bridgehead atoms. The van der Waals surface area contributed by atoms with Gasteiger partial charge >= 0.3 is 6.18 Å². The molecule has 1 atom stereocenters. The molecule has 0 unspecified atom stereocenters. The van der Waals surface area contributed by atoms with Gasteiger partial charge in [0.25, 0.3) is 0 Å². The lowest BCUT2D eigenvalue weighted by atomic mass is 10.1. The largest absolute Gasteiger partial charge is 0.480 e. The quantitative estimate of drug-likeness (QED) is 0.331. The Morgan fingerprint density at radius 2 is 1.77 bits per heavy atom. The Balaban J connectivity index is 1.41.